The van der Waals surface area contributed by atoms with Crippen molar-refractivity contribution in [1.82, 2.24) is 5.06 Å². The second-order valence-electron chi connectivity index (χ2n) is 4.55. The van der Waals surface area contributed by atoms with Crippen LogP contribution in [0.2, 0.25) is 0 Å². The molecule has 0 aromatic heterocycles. The number of amides is 1. The van der Waals surface area contributed by atoms with Gasteiger partial charge in [0.25, 0.3) is 0 Å². The molecule has 0 spiro atoms. The lowest BCUT2D eigenvalue weighted by molar-refractivity contribution is -0.172. The molecule has 0 aliphatic heterocycles. The summed E-state index contributed by atoms with van der Waals surface area (Å²) in [5, 5.41) is 1.16. The molecule has 1 fully saturated rings. The lowest BCUT2D eigenvalue weighted by Gasteiger charge is -2.14. The van der Waals surface area contributed by atoms with Crippen LogP contribution in [0.3, 0.4) is 0 Å². The molecule has 1 rings (SSSR count). The van der Waals surface area contributed by atoms with E-state index in [9.17, 15) is 9.59 Å². The average Bonchev–Trinajstić information content (AvgIpc) is 2.79. The number of nitrogens with zero attached hydrogens (tertiary/aromatic N) is 1. The minimum absolute atomic E-state index is 0.175. The molecule has 0 heterocycles. The van der Waals surface area contributed by atoms with E-state index < -0.39 is 0 Å². The minimum Gasteiger partial charge on any atom is -0.466 e. The summed E-state index contributed by atoms with van der Waals surface area (Å²) in [5.41, 5.74) is -0.337. The summed E-state index contributed by atoms with van der Waals surface area (Å²) >= 11 is 0. The van der Waals surface area contributed by atoms with E-state index in [4.69, 9.17) is 9.57 Å². The molecule has 5 nitrogen and oxygen atoms in total. The van der Waals surface area contributed by atoms with Gasteiger partial charge >= 0.3 is 5.97 Å². The summed E-state index contributed by atoms with van der Waals surface area (Å²) in [5.74, 6) is -1.16. The zero-order chi connectivity index (χ0) is 12.5. The van der Waals surface area contributed by atoms with Crippen molar-refractivity contribution in [3.05, 3.63) is 0 Å². The third-order valence-corrected chi connectivity index (χ3v) is 3.22. The molecule has 1 saturated carbocycles. The monoisotopic (exact) mass is 229 g/mol. The molecule has 0 bridgehead atoms. The van der Waals surface area contributed by atoms with Crippen LogP contribution in [0.25, 0.3) is 0 Å². The maximum atomic E-state index is 11.9. The summed E-state index contributed by atoms with van der Waals surface area (Å²) in [7, 11) is 2.96. The van der Waals surface area contributed by atoms with Gasteiger partial charge in [-0.05, 0) is 12.3 Å². The van der Waals surface area contributed by atoms with Gasteiger partial charge in [0.1, 0.15) is 0 Å². The smallest absolute Gasteiger partial charge is 0.310 e. The molecule has 5 heteroatoms. The van der Waals surface area contributed by atoms with Gasteiger partial charge in [0.2, 0.25) is 5.91 Å². The van der Waals surface area contributed by atoms with Crippen LogP contribution in [-0.2, 0) is 19.2 Å². The average molecular weight is 229 g/mol. The van der Waals surface area contributed by atoms with Gasteiger partial charge in [-0.3, -0.25) is 14.4 Å². The van der Waals surface area contributed by atoms with Gasteiger partial charge in [-0.2, -0.15) is 0 Å². The van der Waals surface area contributed by atoms with Crippen molar-refractivity contribution in [3.63, 3.8) is 0 Å². The number of hydroxylamine groups is 2. The molecule has 92 valence electrons. The Morgan fingerprint density at radius 3 is 2.31 bits per heavy atom. The van der Waals surface area contributed by atoms with Crippen LogP contribution in [0.1, 0.15) is 20.8 Å². The Balaban J connectivity index is 2.70. The van der Waals surface area contributed by atoms with Crippen molar-refractivity contribution in [2.24, 2.45) is 17.3 Å². The number of hydrogen-bond donors (Lipinski definition) is 0. The molecule has 2 atom stereocenters. The molecule has 1 aliphatic carbocycles. The van der Waals surface area contributed by atoms with Crippen LogP contribution in [0, 0.1) is 17.3 Å². The molecule has 16 heavy (non-hydrogen) atoms. The fraction of sp³-hybridized carbons (Fsp3) is 0.818. The van der Waals surface area contributed by atoms with Crippen LogP contribution in [0.15, 0.2) is 0 Å². The first-order chi connectivity index (χ1) is 7.37. The van der Waals surface area contributed by atoms with E-state index in [2.05, 4.69) is 0 Å². The Bertz CT molecular complexity index is 300. The van der Waals surface area contributed by atoms with Crippen molar-refractivity contribution < 1.29 is 19.2 Å². The van der Waals surface area contributed by atoms with Gasteiger partial charge in [0.05, 0.1) is 25.6 Å². The zero-order valence-corrected chi connectivity index (χ0v) is 10.4. The molecule has 0 saturated heterocycles. The molecule has 0 aromatic rings. The molecule has 0 aromatic carbocycles. The van der Waals surface area contributed by atoms with Crippen molar-refractivity contribution in [1.29, 1.82) is 0 Å². The van der Waals surface area contributed by atoms with Crippen molar-refractivity contribution in [2.75, 3.05) is 20.8 Å². The maximum Gasteiger partial charge on any atom is 0.310 e. The molecule has 1 aliphatic rings. The number of carbonyl (C=O) groups excluding carboxylic acids is 2. The largest absolute Gasteiger partial charge is 0.466 e. The van der Waals surface area contributed by atoms with Gasteiger partial charge in [0, 0.05) is 7.05 Å². The van der Waals surface area contributed by atoms with Gasteiger partial charge in [0.15, 0.2) is 0 Å². The minimum atomic E-state index is -0.349. The number of rotatable bonds is 4. The SMILES string of the molecule is CCOC(=O)C1C(C(=O)N(C)OC)C1(C)C. The second-order valence-corrected chi connectivity index (χ2v) is 4.55. The van der Waals surface area contributed by atoms with E-state index in [0.717, 1.165) is 5.06 Å². The van der Waals surface area contributed by atoms with Crippen molar-refractivity contribution in [2.45, 2.75) is 20.8 Å². The third kappa shape index (κ3) is 2.04. The Labute approximate surface area is 95.6 Å². The predicted octanol–water partition coefficient (Wildman–Crippen LogP) is 0.841. The summed E-state index contributed by atoms with van der Waals surface area (Å²) in [4.78, 5) is 28.3. The second kappa shape index (κ2) is 4.41. The van der Waals surface area contributed by atoms with E-state index in [-0.39, 0.29) is 29.1 Å². The highest BCUT2D eigenvalue weighted by molar-refractivity contribution is 5.91. The fourth-order valence-corrected chi connectivity index (χ4v) is 2.06. The zero-order valence-electron chi connectivity index (χ0n) is 10.4. The van der Waals surface area contributed by atoms with E-state index >= 15 is 0 Å². The highest BCUT2D eigenvalue weighted by atomic mass is 16.7. The standard InChI is InChI=1S/C11H19NO4/c1-6-16-10(14)8-7(11(8,2)3)9(13)12(4)15-5/h7-8H,6H2,1-5H3. The molecule has 0 N–H and O–H groups in total. The molecular weight excluding hydrogens is 210 g/mol. The Morgan fingerprint density at radius 1 is 1.31 bits per heavy atom. The van der Waals surface area contributed by atoms with Gasteiger partial charge in [-0.1, -0.05) is 13.8 Å². The quantitative estimate of drug-likeness (QED) is 0.529. The molecule has 0 radical (unpaired) electrons. The topological polar surface area (TPSA) is 55.8 Å². The summed E-state index contributed by atoms with van der Waals surface area (Å²) in [6.07, 6.45) is 0. The van der Waals surface area contributed by atoms with E-state index in [1.807, 2.05) is 13.8 Å². The fourth-order valence-electron chi connectivity index (χ4n) is 2.06. The number of hydrogen-bond acceptors (Lipinski definition) is 4. The maximum absolute atomic E-state index is 11.9. The summed E-state index contributed by atoms with van der Waals surface area (Å²) < 4.78 is 4.94. The lowest BCUT2D eigenvalue weighted by atomic mass is 10.1. The van der Waals surface area contributed by atoms with Crippen LogP contribution in [0.5, 0.6) is 0 Å². The normalized spacial score (nSPS) is 26.1. The highest BCUT2D eigenvalue weighted by Gasteiger charge is 2.67. The predicted molar refractivity (Wildman–Crippen MR) is 57.2 cm³/mol. The van der Waals surface area contributed by atoms with E-state index in [1.165, 1.54) is 7.11 Å². The van der Waals surface area contributed by atoms with Crippen LogP contribution in [0.4, 0.5) is 0 Å². The molecule has 2 unspecified atom stereocenters. The summed E-state index contributed by atoms with van der Waals surface area (Å²) in [6.45, 7) is 5.87. The van der Waals surface area contributed by atoms with Crippen LogP contribution in [-0.4, -0.2) is 37.7 Å². The number of ether oxygens (including phenoxy) is 1. The first-order valence-electron chi connectivity index (χ1n) is 5.36. The number of esters is 1. The molecular formula is C11H19NO4. The molecule has 1 amide bonds. The van der Waals surface area contributed by atoms with E-state index in [0.29, 0.717) is 6.61 Å². The van der Waals surface area contributed by atoms with Crippen molar-refractivity contribution >= 4 is 11.9 Å². The Kier molecular flexibility index (Phi) is 3.57. The van der Waals surface area contributed by atoms with Gasteiger partial charge in [-0.15, -0.1) is 0 Å². The van der Waals surface area contributed by atoms with Crippen LogP contribution < -0.4 is 0 Å². The summed E-state index contributed by atoms with van der Waals surface area (Å²) in [6, 6.07) is 0. The first-order valence-corrected chi connectivity index (χ1v) is 5.36. The Hall–Kier alpha value is -1.10. The van der Waals surface area contributed by atoms with Crippen LogP contribution >= 0.6 is 0 Å². The van der Waals surface area contributed by atoms with Crippen molar-refractivity contribution in [3.8, 4) is 0 Å². The van der Waals surface area contributed by atoms with Gasteiger partial charge < -0.3 is 4.74 Å². The van der Waals surface area contributed by atoms with E-state index in [1.54, 1.807) is 14.0 Å². The lowest BCUT2D eigenvalue weighted by Crippen LogP contribution is -2.29. The third-order valence-electron chi connectivity index (χ3n) is 3.22. The van der Waals surface area contributed by atoms with Gasteiger partial charge in [-0.25, -0.2) is 5.06 Å². The Morgan fingerprint density at radius 2 is 1.88 bits per heavy atom. The first kappa shape index (κ1) is 13.0. The highest BCUT2D eigenvalue weighted by Crippen LogP contribution is 2.59. The number of carbonyl (C=O) groups is 2.